The fourth-order valence-corrected chi connectivity index (χ4v) is 4.80. The molecule has 0 aliphatic heterocycles. The van der Waals surface area contributed by atoms with Gasteiger partial charge in [0.1, 0.15) is 7.85 Å². The molecule has 0 bridgehead atoms. The van der Waals surface area contributed by atoms with Gasteiger partial charge in [-0.2, -0.15) is 0 Å². The van der Waals surface area contributed by atoms with Crippen molar-refractivity contribution in [3.63, 3.8) is 0 Å². The number of nitrogens with two attached hydrogens (primary N) is 1. The Hall–Kier alpha value is 0.345. The van der Waals surface area contributed by atoms with E-state index < -0.39 is 11.1 Å². The van der Waals surface area contributed by atoms with Crippen molar-refractivity contribution >= 4 is 65.4 Å². The molecule has 0 aromatic rings. The third-order valence-electron chi connectivity index (χ3n) is 6.87. The molecule has 0 saturated carbocycles. The lowest BCUT2D eigenvalue weighted by atomic mass is 9.80. The summed E-state index contributed by atoms with van der Waals surface area (Å²) in [5.41, 5.74) is 4.33. The first-order chi connectivity index (χ1) is 17.4. The van der Waals surface area contributed by atoms with Gasteiger partial charge in [-0.05, 0) is 92.4 Å². The molecule has 0 aromatic carbocycles. The third kappa shape index (κ3) is 18.5. The summed E-state index contributed by atoms with van der Waals surface area (Å²) in [4.78, 5) is 25.7. The highest BCUT2D eigenvalue weighted by molar-refractivity contribution is 14.1. The van der Waals surface area contributed by atoms with Crippen LogP contribution in [0.1, 0.15) is 121 Å². The van der Waals surface area contributed by atoms with E-state index >= 15 is 0 Å². The van der Waals surface area contributed by atoms with Gasteiger partial charge in [0.05, 0.1) is 51.3 Å². The Balaban J connectivity index is 4.58. The molecule has 0 rings (SSSR count). The van der Waals surface area contributed by atoms with Crippen LogP contribution < -0.4 is 5.73 Å². The van der Waals surface area contributed by atoms with E-state index in [9.17, 15) is 9.59 Å². The van der Waals surface area contributed by atoms with Crippen LogP contribution in [0.3, 0.4) is 0 Å². The van der Waals surface area contributed by atoms with Crippen LogP contribution in [0.2, 0.25) is 0 Å². The molecule has 2 radical (unpaired) electrons. The van der Waals surface area contributed by atoms with Crippen LogP contribution in [-0.4, -0.2) is 67.8 Å². The highest BCUT2D eigenvalue weighted by atomic mass is 127. The minimum absolute atomic E-state index is 0.0245. The molecule has 0 aliphatic rings. The van der Waals surface area contributed by atoms with E-state index in [1.807, 2.05) is 44.7 Å². The predicted molar refractivity (Wildman–Crippen MR) is 180 cm³/mol. The monoisotopic (exact) mass is 775 g/mol. The summed E-state index contributed by atoms with van der Waals surface area (Å²) >= 11 is 4.19. The molecular weight excluding hydrogens is 719 g/mol. The second kappa shape index (κ2) is 16.3. The van der Waals surface area contributed by atoms with E-state index in [0.717, 1.165) is 19.3 Å². The van der Waals surface area contributed by atoms with E-state index in [1.165, 1.54) is 0 Å². The van der Waals surface area contributed by atoms with Gasteiger partial charge in [0.2, 0.25) is 11.8 Å². The molecule has 2 unspecified atom stereocenters. The highest BCUT2D eigenvalue weighted by Gasteiger charge is 2.33. The van der Waals surface area contributed by atoms with Gasteiger partial charge in [-0.25, -0.2) is 0 Å². The molecule has 228 valence electrons. The lowest BCUT2D eigenvalue weighted by Crippen LogP contribution is -2.45. The van der Waals surface area contributed by atoms with Crippen LogP contribution in [-0.2, 0) is 19.1 Å². The standard InChI is InChI=1S/C29H56BI2N3O4/c1-22(12-14-25(2,3)4)24(37)35(32)27(7,8)18-21-39-29(11,30)16-19-34(31)23(36)13-15-28(9,10)38-20-17-26(5,6)33/h22H,12-21,33H2,1-11H3. The van der Waals surface area contributed by atoms with Crippen LogP contribution in [0.15, 0.2) is 0 Å². The summed E-state index contributed by atoms with van der Waals surface area (Å²) in [6, 6.07) is 0. The van der Waals surface area contributed by atoms with Crippen LogP contribution in [0.4, 0.5) is 0 Å². The van der Waals surface area contributed by atoms with Gasteiger partial charge in [0.25, 0.3) is 0 Å². The lowest BCUT2D eigenvalue weighted by molar-refractivity contribution is -0.132. The molecule has 39 heavy (non-hydrogen) atoms. The van der Waals surface area contributed by atoms with Crippen molar-refractivity contribution in [2.45, 2.75) is 143 Å². The third-order valence-corrected chi connectivity index (χ3v) is 9.68. The maximum Gasteiger partial charge on any atom is 0.234 e. The normalized spacial score (nSPS) is 15.5. The fraction of sp³-hybridized carbons (Fsp3) is 0.931. The smallest absolute Gasteiger partial charge is 0.234 e. The summed E-state index contributed by atoms with van der Waals surface area (Å²) in [6.07, 6.45) is 4.83. The number of halogens is 2. The van der Waals surface area contributed by atoms with Gasteiger partial charge in [0.15, 0.2) is 0 Å². The summed E-state index contributed by atoms with van der Waals surface area (Å²) in [5.74, 6) is 0.169. The Kier molecular flexibility index (Phi) is 16.4. The summed E-state index contributed by atoms with van der Waals surface area (Å²) < 4.78 is 15.5. The van der Waals surface area contributed by atoms with Crippen molar-refractivity contribution in [1.82, 2.24) is 6.23 Å². The average molecular weight is 775 g/mol. The molecule has 0 saturated heterocycles. The zero-order valence-corrected chi connectivity index (χ0v) is 30.9. The zero-order valence-electron chi connectivity index (χ0n) is 26.6. The van der Waals surface area contributed by atoms with E-state index in [2.05, 4.69) is 80.3 Å². The van der Waals surface area contributed by atoms with Crippen molar-refractivity contribution in [2.75, 3.05) is 19.8 Å². The Morgan fingerprint density at radius 3 is 1.90 bits per heavy atom. The molecular formula is C29H56BI2N3O4. The topological polar surface area (TPSA) is 85.1 Å². The van der Waals surface area contributed by atoms with E-state index in [-0.39, 0.29) is 34.2 Å². The van der Waals surface area contributed by atoms with Crippen LogP contribution in [0, 0.1) is 11.3 Å². The molecule has 0 heterocycles. The van der Waals surface area contributed by atoms with Crippen LogP contribution in [0.5, 0.6) is 0 Å². The van der Waals surface area contributed by atoms with Gasteiger partial charge in [-0.3, -0.25) is 15.8 Å². The van der Waals surface area contributed by atoms with E-state index in [0.29, 0.717) is 45.4 Å². The van der Waals surface area contributed by atoms with Crippen molar-refractivity contribution in [3.8, 4) is 0 Å². The van der Waals surface area contributed by atoms with Crippen LogP contribution >= 0.6 is 45.7 Å². The maximum absolute atomic E-state index is 13.0. The molecule has 2 atom stereocenters. The molecule has 2 N–H and O–H groups in total. The highest BCUT2D eigenvalue weighted by Crippen LogP contribution is 2.30. The second-order valence-electron chi connectivity index (χ2n) is 14.4. The molecule has 10 heteroatoms. The molecule has 0 aliphatic carbocycles. The molecule has 2 amide bonds. The van der Waals surface area contributed by atoms with Gasteiger partial charge in [-0.1, -0.05) is 27.7 Å². The maximum atomic E-state index is 13.0. The van der Waals surface area contributed by atoms with E-state index in [4.69, 9.17) is 23.1 Å². The Bertz CT molecular complexity index is 765. The number of hydrogen-bond donors (Lipinski definition) is 1. The number of ether oxygens (including phenoxy) is 2. The quantitative estimate of drug-likeness (QED) is 0.0925. The first kappa shape index (κ1) is 39.3. The number of carbonyl (C=O) groups is 2. The minimum Gasteiger partial charge on any atom is -0.385 e. The first-order valence-corrected chi connectivity index (χ1v) is 16.1. The fourth-order valence-electron chi connectivity index (χ4n) is 3.61. The molecule has 0 aromatic heterocycles. The molecule has 7 nitrogen and oxygen atoms in total. The Morgan fingerprint density at radius 2 is 1.38 bits per heavy atom. The molecule has 0 spiro atoms. The molecule has 0 fully saturated rings. The first-order valence-electron chi connectivity index (χ1n) is 14.2. The van der Waals surface area contributed by atoms with E-state index in [1.54, 1.807) is 3.11 Å². The summed E-state index contributed by atoms with van der Waals surface area (Å²) in [6.45, 7) is 24.0. The average Bonchev–Trinajstić information content (AvgIpc) is 2.76. The number of nitrogens with zero attached hydrogens (tertiary/aromatic N) is 2. The Morgan fingerprint density at radius 1 is 0.846 bits per heavy atom. The SMILES string of the molecule is [B]C(C)(CCN(I)C(=O)CCC(C)(C)OCCC(C)(C)N)OCCC(C)(C)N(I)C(=O)C(C)CCC(C)(C)C. The summed E-state index contributed by atoms with van der Waals surface area (Å²) in [5, 5.41) is 0. The van der Waals surface area contributed by atoms with Crippen molar-refractivity contribution in [2.24, 2.45) is 17.1 Å². The minimum atomic E-state index is -0.878. The lowest BCUT2D eigenvalue weighted by Gasteiger charge is -2.37. The Labute approximate surface area is 269 Å². The predicted octanol–water partition coefficient (Wildman–Crippen LogP) is 6.97. The second-order valence-corrected chi connectivity index (χ2v) is 16.5. The van der Waals surface area contributed by atoms with Crippen LogP contribution in [0.25, 0.3) is 0 Å². The van der Waals surface area contributed by atoms with Gasteiger partial charge < -0.3 is 15.2 Å². The number of carbonyl (C=O) groups excluding carboxylic acids is 2. The largest absolute Gasteiger partial charge is 0.385 e. The number of rotatable bonds is 18. The number of hydrogen-bond acceptors (Lipinski definition) is 5. The van der Waals surface area contributed by atoms with Gasteiger partial charge in [0, 0.05) is 48.7 Å². The van der Waals surface area contributed by atoms with Crippen molar-refractivity contribution in [3.05, 3.63) is 0 Å². The van der Waals surface area contributed by atoms with Crippen molar-refractivity contribution in [1.29, 1.82) is 0 Å². The zero-order chi connectivity index (χ0) is 30.9. The van der Waals surface area contributed by atoms with Gasteiger partial charge in [-0.15, -0.1) is 0 Å². The van der Waals surface area contributed by atoms with Crippen molar-refractivity contribution < 1.29 is 19.1 Å². The number of amides is 2. The summed E-state index contributed by atoms with van der Waals surface area (Å²) in [7, 11) is 6.42. The van der Waals surface area contributed by atoms with Gasteiger partial charge >= 0.3 is 0 Å².